The molecule has 5 rings (SSSR count). The zero-order valence-corrected chi connectivity index (χ0v) is 19.7. The second kappa shape index (κ2) is 9.96. The summed E-state index contributed by atoms with van der Waals surface area (Å²) in [6, 6.07) is 9.10. The number of aromatic nitrogens is 6. The number of halogens is 2. The van der Waals surface area contributed by atoms with E-state index in [1.165, 1.54) is 10.9 Å². The highest BCUT2D eigenvalue weighted by atomic mass is 32.1. The average Bonchev–Trinajstić information content (AvgIpc) is 3.52. The first-order chi connectivity index (χ1) is 17.0. The van der Waals surface area contributed by atoms with Gasteiger partial charge in [0.2, 0.25) is 5.89 Å². The minimum Gasteiger partial charge on any atom is -0.415 e. The van der Waals surface area contributed by atoms with E-state index in [1.807, 2.05) is 18.2 Å². The van der Waals surface area contributed by atoms with Gasteiger partial charge in [0.1, 0.15) is 11.5 Å². The van der Waals surface area contributed by atoms with E-state index in [9.17, 15) is 8.78 Å². The Morgan fingerprint density at radius 2 is 1.86 bits per heavy atom. The highest BCUT2D eigenvalue weighted by molar-refractivity contribution is 7.71. The van der Waals surface area contributed by atoms with Crippen molar-refractivity contribution < 1.29 is 17.6 Å². The van der Waals surface area contributed by atoms with Crippen molar-refractivity contribution in [1.82, 2.24) is 34.8 Å². The van der Waals surface area contributed by atoms with Crippen LogP contribution in [0.3, 0.4) is 0 Å². The lowest BCUT2D eigenvalue weighted by Gasteiger charge is -2.34. The standard InChI is InChI=1S/C22H22F2N8O2S/c1-2-30-8-10-31(11-9-30)17-5-3-4-16(26-17)20-29-32(22(35)34-20)13-15-7-6-14(12-25-15)19-27-28-21(33-19)18(23)24/h3-7,12,18H,2,8-11,13H2,1H3. The van der Waals surface area contributed by atoms with Crippen LogP contribution in [0.1, 0.15) is 24.9 Å². The van der Waals surface area contributed by atoms with Gasteiger partial charge in [-0.25, -0.2) is 9.67 Å². The van der Waals surface area contributed by atoms with Gasteiger partial charge in [-0.3, -0.25) is 4.98 Å². The number of anilines is 1. The van der Waals surface area contributed by atoms with E-state index in [2.05, 4.69) is 37.0 Å². The third-order valence-corrected chi connectivity index (χ3v) is 6.01. The quantitative estimate of drug-likeness (QED) is 0.348. The number of likely N-dealkylation sites (N-methyl/N-ethyl adjacent to an activating group) is 1. The van der Waals surface area contributed by atoms with Crippen LogP contribution in [0.5, 0.6) is 0 Å². The first-order valence-electron chi connectivity index (χ1n) is 11.1. The van der Waals surface area contributed by atoms with Gasteiger partial charge >= 0.3 is 6.43 Å². The third-order valence-electron chi connectivity index (χ3n) is 5.71. The van der Waals surface area contributed by atoms with Gasteiger partial charge in [-0.05, 0) is 43.0 Å². The Morgan fingerprint density at radius 1 is 1.03 bits per heavy atom. The van der Waals surface area contributed by atoms with Crippen molar-refractivity contribution in [2.45, 2.75) is 19.9 Å². The van der Waals surface area contributed by atoms with E-state index in [1.54, 1.807) is 12.1 Å². The number of alkyl halides is 2. The molecule has 0 unspecified atom stereocenters. The van der Waals surface area contributed by atoms with Crippen LogP contribution >= 0.6 is 12.2 Å². The molecular weight excluding hydrogens is 478 g/mol. The largest absolute Gasteiger partial charge is 0.415 e. The van der Waals surface area contributed by atoms with E-state index >= 15 is 0 Å². The lowest BCUT2D eigenvalue weighted by atomic mass is 10.2. The topological polar surface area (TPSA) is 102 Å². The molecule has 5 heterocycles. The summed E-state index contributed by atoms with van der Waals surface area (Å²) < 4.78 is 37.5. The van der Waals surface area contributed by atoms with Crippen LogP contribution in [0.2, 0.25) is 0 Å². The van der Waals surface area contributed by atoms with Crippen LogP contribution in [-0.4, -0.2) is 67.6 Å². The minimum absolute atomic E-state index is 0.0262. The molecule has 0 atom stereocenters. The van der Waals surface area contributed by atoms with Gasteiger partial charge in [-0.1, -0.05) is 13.0 Å². The van der Waals surface area contributed by atoms with Gasteiger partial charge in [0, 0.05) is 32.4 Å². The van der Waals surface area contributed by atoms with Crippen molar-refractivity contribution in [3.8, 4) is 23.0 Å². The smallest absolute Gasteiger partial charge is 0.314 e. The van der Waals surface area contributed by atoms with Crippen LogP contribution in [0, 0.1) is 4.84 Å². The van der Waals surface area contributed by atoms with Gasteiger partial charge in [0.05, 0.1) is 17.8 Å². The molecule has 0 spiro atoms. The fourth-order valence-electron chi connectivity index (χ4n) is 3.76. The van der Waals surface area contributed by atoms with Crippen LogP contribution in [0.4, 0.5) is 14.6 Å². The van der Waals surface area contributed by atoms with Crippen LogP contribution in [-0.2, 0) is 6.54 Å². The van der Waals surface area contributed by atoms with Gasteiger partial charge in [0.25, 0.3) is 16.6 Å². The van der Waals surface area contributed by atoms with Crippen molar-refractivity contribution in [3.05, 3.63) is 53.0 Å². The minimum atomic E-state index is -2.83. The second-order valence-corrected chi connectivity index (χ2v) is 8.27. The summed E-state index contributed by atoms with van der Waals surface area (Å²) >= 11 is 5.34. The lowest BCUT2D eigenvalue weighted by molar-refractivity contribution is 0.116. The van der Waals surface area contributed by atoms with Crippen molar-refractivity contribution >= 4 is 18.0 Å². The molecule has 182 valence electrons. The van der Waals surface area contributed by atoms with Gasteiger partial charge in [-0.2, -0.15) is 8.78 Å². The summed E-state index contributed by atoms with van der Waals surface area (Å²) in [6.07, 6.45) is -1.36. The van der Waals surface area contributed by atoms with E-state index in [4.69, 9.17) is 26.0 Å². The summed E-state index contributed by atoms with van der Waals surface area (Å²) in [5, 5.41) is 11.4. The fraction of sp³-hybridized carbons (Fsp3) is 0.364. The summed E-state index contributed by atoms with van der Waals surface area (Å²) in [7, 11) is 0. The van der Waals surface area contributed by atoms with Crippen molar-refractivity contribution in [1.29, 1.82) is 0 Å². The molecule has 4 aromatic heterocycles. The fourth-order valence-corrected chi connectivity index (χ4v) is 3.94. The summed E-state index contributed by atoms with van der Waals surface area (Å²) in [4.78, 5) is 13.9. The van der Waals surface area contributed by atoms with Gasteiger partial charge < -0.3 is 18.6 Å². The Balaban J connectivity index is 1.30. The van der Waals surface area contributed by atoms with E-state index < -0.39 is 12.3 Å². The van der Waals surface area contributed by atoms with Gasteiger partial charge in [0.15, 0.2) is 0 Å². The first-order valence-corrected chi connectivity index (χ1v) is 11.5. The number of hydrogen-bond donors (Lipinski definition) is 0. The summed E-state index contributed by atoms with van der Waals surface area (Å²) in [6.45, 7) is 7.31. The monoisotopic (exact) mass is 500 g/mol. The number of hydrogen-bond acceptors (Lipinski definition) is 10. The third kappa shape index (κ3) is 5.10. The van der Waals surface area contributed by atoms with E-state index in [-0.39, 0.29) is 17.3 Å². The van der Waals surface area contributed by atoms with Crippen LogP contribution in [0.15, 0.2) is 45.4 Å². The summed E-state index contributed by atoms with van der Waals surface area (Å²) in [5.74, 6) is 0.446. The number of piperazine rings is 1. The maximum atomic E-state index is 12.7. The number of nitrogens with zero attached hydrogens (tertiary/aromatic N) is 8. The molecule has 10 nitrogen and oxygen atoms in total. The Bertz CT molecular complexity index is 1350. The molecule has 35 heavy (non-hydrogen) atoms. The van der Waals surface area contributed by atoms with Gasteiger partial charge in [-0.15, -0.1) is 15.3 Å². The molecule has 13 heteroatoms. The predicted octanol–water partition coefficient (Wildman–Crippen LogP) is 3.84. The van der Waals surface area contributed by atoms with Crippen molar-refractivity contribution in [2.24, 2.45) is 0 Å². The number of pyridine rings is 2. The average molecular weight is 501 g/mol. The Kier molecular flexibility index (Phi) is 6.59. The zero-order valence-electron chi connectivity index (χ0n) is 18.8. The molecular formula is C22H22F2N8O2S. The first kappa shape index (κ1) is 23.2. The lowest BCUT2D eigenvalue weighted by Crippen LogP contribution is -2.46. The molecule has 1 saturated heterocycles. The molecule has 4 aromatic rings. The molecule has 0 aromatic carbocycles. The molecule has 0 bridgehead atoms. The van der Waals surface area contributed by atoms with Crippen molar-refractivity contribution in [2.75, 3.05) is 37.6 Å². The molecule has 1 aliphatic heterocycles. The highest BCUT2D eigenvalue weighted by Gasteiger charge is 2.19. The predicted molar refractivity (Wildman–Crippen MR) is 124 cm³/mol. The summed E-state index contributed by atoms with van der Waals surface area (Å²) in [5.41, 5.74) is 1.66. The van der Waals surface area contributed by atoms with Crippen LogP contribution in [0.25, 0.3) is 23.0 Å². The van der Waals surface area contributed by atoms with E-state index in [0.717, 1.165) is 38.5 Å². The maximum absolute atomic E-state index is 12.7. The molecule has 1 fully saturated rings. The second-order valence-electron chi connectivity index (χ2n) is 7.92. The molecule has 1 aliphatic rings. The molecule has 0 saturated carbocycles. The molecule has 0 N–H and O–H groups in total. The van der Waals surface area contributed by atoms with Crippen molar-refractivity contribution in [3.63, 3.8) is 0 Å². The Labute approximate surface area is 204 Å². The molecule has 0 amide bonds. The highest BCUT2D eigenvalue weighted by Crippen LogP contribution is 2.24. The molecule has 0 radical (unpaired) electrons. The Hall–Kier alpha value is -3.58. The normalized spacial score (nSPS) is 14.7. The Morgan fingerprint density at radius 3 is 2.54 bits per heavy atom. The maximum Gasteiger partial charge on any atom is 0.314 e. The van der Waals surface area contributed by atoms with E-state index in [0.29, 0.717) is 22.8 Å². The molecule has 0 aliphatic carbocycles. The number of rotatable bonds is 7. The SMILES string of the molecule is CCN1CCN(c2cccc(-c3nn(Cc4ccc(-c5nnc(C(F)F)o5)cn4)c(=S)o3)n2)CC1. The van der Waals surface area contributed by atoms with Crippen LogP contribution < -0.4 is 4.90 Å². The zero-order chi connectivity index (χ0) is 24.4.